The number of nitrogens with two attached hydrogens (primary N) is 5. The number of ketones is 3. The highest BCUT2D eigenvalue weighted by atomic mass is 16.3. The number of unbranched alkanes of at least 4 members (excludes halogenated alkanes) is 12. The van der Waals surface area contributed by atoms with Crippen molar-refractivity contribution in [3.05, 3.63) is 18.2 Å². The Bertz CT molecular complexity index is 1660. The average Bonchev–Trinajstić information content (AvgIpc) is 3.77. The number of primary amides is 1. The van der Waals surface area contributed by atoms with E-state index in [-0.39, 0.29) is 82.3 Å². The molecule has 0 radical (unpaired) electrons. The van der Waals surface area contributed by atoms with Gasteiger partial charge in [-0.3, -0.25) is 43.5 Å². The number of carbonyl (C=O) groups excluding carboxylic acids is 7. The molecule has 20 heteroatoms. The Labute approximate surface area is 391 Å². The molecule has 1 aromatic heterocycles. The van der Waals surface area contributed by atoms with Gasteiger partial charge < -0.3 is 54.7 Å². The van der Waals surface area contributed by atoms with Crippen molar-refractivity contribution in [3.8, 4) is 0 Å². The summed E-state index contributed by atoms with van der Waals surface area (Å²) in [5, 5.41) is 18.2. The highest BCUT2D eigenvalue weighted by molar-refractivity contribution is 5.96. The second-order valence-electron chi connectivity index (χ2n) is 17.4. The number of nitrogens with zero attached hydrogens (tertiary/aromatic N) is 3. The van der Waals surface area contributed by atoms with Crippen molar-refractivity contribution in [2.45, 2.75) is 193 Å². The van der Waals surface area contributed by atoms with Gasteiger partial charge >= 0.3 is 0 Å². The van der Waals surface area contributed by atoms with Crippen molar-refractivity contribution in [2.75, 3.05) is 13.1 Å². The van der Waals surface area contributed by atoms with E-state index in [9.17, 15) is 38.7 Å². The SMILES string of the molecule is CCCCCCCCCCCCCCCC(=O)N[C@@H](CCCN=C(N)N)C(=O)C[C@@H](Cc1cnc[nH]1)C(=O)N[C@@H](CCCN=C(N)N)C(=O)C[C@@H](CCC(N)=O)C(=O)N[C@H](C(C)=O)[C@@H](C)O. The van der Waals surface area contributed by atoms with Crippen LogP contribution in [0.3, 0.4) is 0 Å². The van der Waals surface area contributed by atoms with Crippen molar-refractivity contribution in [2.24, 2.45) is 50.5 Å². The van der Waals surface area contributed by atoms with Crippen LogP contribution in [-0.2, 0) is 40.0 Å². The van der Waals surface area contributed by atoms with Gasteiger partial charge in [0.15, 0.2) is 29.3 Å². The molecule has 374 valence electrons. The van der Waals surface area contributed by atoms with Crippen molar-refractivity contribution in [1.82, 2.24) is 25.9 Å². The number of guanidine groups is 2. The minimum Gasteiger partial charge on any atom is -0.391 e. The van der Waals surface area contributed by atoms with Gasteiger partial charge in [0.1, 0.15) is 6.04 Å². The van der Waals surface area contributed by atoms with Gasteiger partial charge in [-0.05, 0) is 52.4 Å². The number of aliphatic imine (C=N–C) groups is 2. The number of rotatable bonds is 40. The number of Topliss-reactive ketones (excluding diaryl/α,β-unsaturated/α-hetero) is 3. The van der Waals surface area contributed by atoms with Crippen LogP contribution in [0.5, 0.6) is 0 Å². The first-order chi connectivity index (χ1) is 31.4. The molecule has 6 atom stereocenters. The molecule has 1 rings (SSSR count). The van der Waals surface area contributed by atoms with Gasteiger partial charge in [-0.15, -0.1) is 0 Å². The lowest BCUT2D eigenvalue weighted by Crippen LogP contribution is -2.50. The zero-order valence-corrected chi connectivity index (χ0v) is 39.8. The van der Waals surface area contributed by atoms with E-state index in [0.29, 0.717) is 18.5 Å². The van der Waals surface area contributed by atoms with Crippen LogP contribution in [0, 0.1) is 11.8 Å². The Morgan fingerprint density at radius 1 is 0.652 bits per heavy atom. The number of carbonyl (C=O) groups is 7. The summed E-state index contributed by atoms with van der Waals surface area (Å²) in [7, 11) is 0. The molecule has 0 saturated carbocycles. The van der Waals surface area contributed by atoms with Crippen molar-refractivity contribution in [3.63, 3.8) is 0 Å². The molecule has 0 aliphatic heterocycles. The molecule has 1 heterocycles. The third-order valence-corrected chi connectivity index (χ3v) is 11.4. The van der Waals surface area contributed by atoms with Crippen LogP contribution in [0.15, 0.2) is 22.5 Å². The molecule has 20 nitrogen and oxygen atoms in total. The maximum atomic E-state index is 14.3. The third kappa shape index (κ3) is 27.8. The summed E-state index contributed by atoms with van der Waals surface area (Å²) in [4.78, 5) is 108. The van der Waals surface area contributed by atoms with Gasteiger partial charge in [0.25, 0.3) is 0 Å². The number of aliphatic hydroxyl groups excluding tert-OH is 1. The van der Waals surface area contributed by atoms with Gasteiger partial charge in [0.2, 0.25) is 23.6 Å². The van der Waals surface area contributed by atoms with Gasteiger partial charge in [-0.1, -0.05) is 84.0 Å². The monoisotopic (exact) mass is 931 g/mol. The number of hydrogen-bond donors (Lipinski definition) is 10. The Morgan fingerprint density at radius 3 is 1.59 bits per heavy atom. The van der Waals surface area contributed by atoms with Crippen molar-refractivity contribution in [1.29, 1.82) is 0 Å². The van der Waals surface area contributed by atoms with Crippen LogP contribution in [0.4, 0.5) is 0 Å². The largest absolute Gasteiger partial charge is 0.391 e. The minimum absolute atomic E-state index is 0.0233. The summed E-state index contributed by atoms with van der Waals surface area (Å²) in [5.74, 6) is -6.42. The number of aromatic nitrogens is 2. The smallest absolute Gasteiger partial charge is 0.224 e. The Balaban J connectivity index is 3.20. The molecule has 4 amide bonds. The lowest BCUT2D eigenvalue weighted by atomic mass is 9.89. The first-order valence-corrected chi connectivity index (χ1v) is 23.9. The van der Waals surface area contributed by atoms with E-state index in [1.54, 1.807) is 0 Å². The summed E-state index contributed by atoms with van der Waals surface area (Å²) in [6, 6.07) is -3.42. The van der Waals surface area contributed by atoms with Gasteiger partial charge in [0.05, 0.1) is 30.4 Å². The van der Waals surface area contributed by atoms with Crippen LogP contribution >= 0.6 is 0 Å². The van der Waals surface area contributed by atoms with E-state index in [1.165, 1.54) is 84.2 Å². The van der Waals surface area contributed by atoms with Crippen LogP contribution in [0.25, 0.3) is 0 Å². The predicted molar refractivity (Wildman–Crippen MR) is 255 cm³/mol. The van der Waals surface area contributed by atoms with Crippen LogP contribution in [0.1, 0.15) is 168 Å². The van der Waals surface area contributed by atoms with E-state index in [1.807, 2.05) is 0 Å². The van der Waals surface area contributed by atoms with E-state index in [4.69, 9.17) is 28.7 Å². The molecule has 0 saturated heterocycles. The maximum Gasteiger partial charge on any atom is 0.224 e. The fourth-order valence-corrected chi connectivity index (χ4v) is 7.66. The fraction of sp³-hybridized carbons (Fsp3) is 0.739. The molecular formula is C46H82N12O8. The van der Waals surface area contributed by atoms with E-state index >= 15 is 0 Å². The summed E-state index contributed by atoms with van der Waals surface area (Å²) >= 11 is 0. The lowest BCUT2D eigenvalue weighted by molar-refractivity contribution is -0.136. The number of amides is 4. The van der Waals surface area contributed by atoms with Crippen molar-refractivity contribution >= 4 is 52.9 Å². The average molecular weight is 931 g/mol. The Morgan fingerprint density at radius 2 is 1.14 bits per heavy atom. The normalized spacial score (nSPS) is 13.8. The standard InChI is InChI=1S/C46H82N12O8/c1-4-5-6-7-8-9-10-11-12-13-14-15-16-21-41(64)56-36(19-17-24-53-45(48)49)39(62)28-34(26-35-29-52-30-55-35)44(66)57-37(20-18-25-54-46(50)51)38(61)27-33(22-23-40(47)63)43(65)58-42(31(2)59)32(3)60/h29-31,33-34,36-37,42,59H,4-28H2,1-3H3,(H2,47,63)(H,52,55)(H,56,64)(H,57,66)(H,58,65)(H4,48,49,53)(H4,50,51,54)/t31-,33-,34-,36+,37+,42+/m1/s1. The van der Waals surface area contributed by atoms with E-state index < -0.39 is 77.6 Å². The van der Waals surface area contributed by atoms with Gasteiger partial charge in [-0.2, -0.15) is 0 Å². The third-order valence-electron chi connectivity index (χ3n) is 11.4. The van der Waals surface area contributed by atoms with Crippen LogP contribution < -0.4 is 44.6 Å². The lowest BCUT2D eigenvalue weighted by Gasteiger charge is -2.26. The predicted octanol–water partition coefficient (Wildman–Crippen LogP) is 2.38. The molecule has 0 aliphatic rings. The Kier molecular flexibility index (Phi) is 31.0. The number of aromatic amines is 1. The molecule has 0 unspecified atom stereocenters. The molecule has 0 aliphatic carbocycles. The van der Waals surface area contributed by atoms with E-state index in [2.05, 4.69) is 42.8 Å². The van der Waals surface area contributed by atoms with Gasteiger partial charge in [0, 0.05) is 63.0 Å². The van der Waals surface area contributed by atoms with Crippen LogP contribution in [0.2, 0.25) is 0 Å². The van der Waals surface area contributed by atoms with Gasteiger partial charge in [-0.25, -0.2) is 4.98 Å². The number of aliphatic hydroxyl groups is 1. The van der Waals surface area contributed by atoms with Crippen molar-refractivity contribution < 1.29 is 38.7 Å². The highest BCUT2D eigenvalue weighted by Crippen LogP contribution is 2.20. The minimum atomic E-state index is -1.26. The molecule has 0 fully saturated rings. The number of H-pyrrole nitrogens is 1. The molecule has 15 N–H and O–H groups in total. The summed E-state index contributed by atoms with van der Waals surface area (Å²) in [6.45, 7) is 5.07. The first-order valence-electron chi connectivity index (χ1n) is 23.9. The summed E-state index contributed by atoms with van der Waals surface area (Å²) in [5.41, 5.74) is 27.9. The second-order valence-corrected chi connectivity index (χ2v) is 17.4. The number of imidazole rings is 1. The zero-order valence-electron chi connectivity index (χ0n) is 39.8. The molecule has 0 bridgehead atoms. The zero-order chi connectivity index (χ0) is 49.3. The topological polar surface area (TPSA) is 359 Å². The fourth-order valence-electron chi connectivity index (χ4n) is 7.66. The molecule has 0 spiro atoms. The number of hydrogen-bond acceptors (Lipinski definition) is 11. The molecule has 66 heavy (non-hydrogen) atoms. The molecular weight excluding hydrogens is 849 g/mol. The van der Waals surface area contributed by atoms with Crippen LogP contribution in [-0.4, -0.2) is 105 Å². The number of nitrogens with one attached hydrogen (secondary N) is 4. The summed E-state index contributed by atoms with van der Waals surface area (Å²) < 4.78 is 0. The first kappa shape index (κ1) is 58.6. The highest BCUT2D eigenvalue weighted by Gasteiger charge is 2.34. The summed E-state index contributed by atoms with van der Waals surface area (Å²) in [6.07, 6.45) is 16.7. The molecule has 1 aromatic rings. The second kappa shape index (κ2) is 34.9. The molecule has 0 aromatic carbocycles. The maximum absolute atomic E-state index is 14.3. The quantitative estimate of drug-likeness (QED) is 0.0257. The van der Waals surface area contributed by atoms with E-state index in [0.717, 1.165) is 19.3 Å². The Hall–Kier alpha value is -5.40.